The second kappa shape index (κ2) is 8.43. The van der Waals surface area contributed by atoms with Gasteiger partial charge in [-0.1, -0.05) is 30.9 Å². The monoisotopic (exact) mass is 368 g/mol. The number of halogens is 1. The predicted octanol–water partition coefficient (Wildman–Crippen LogP) is 2.93. The first-order valence-electron chi connectivity index (χ1n) is 8.49. The summed E-state index contributed by atoms with van der Waals surface area (Å²) < 4.78 is 10.4. The van der Waals surface area contributed by atoms with Gasteiger partial charge in [0.2, 0.25) is 5.91 Å². The Bertz CT molecular complexity index is 642. The van der Waals surface area contributed by atoms with E-state index in [4.69, 9.17) is 21.1 Å². The molecule has 1 fully saturated rings. The smallest absolute Gasteiger partial charge is 0.252 e. The van der Waals surface area contributed by atoms with E-state index in [-0.39, 0.29) is 16.8 Å². The van der Waals surface area contributed by atoms with E-state index in [1.54, 1.807) is 6.07 Å². The van der Waals surface area contributed by atoms with Gasteiger partial charge < -0.3 is 20.1 Å². The van der Waals surface area contributed by atoms with Gasteiger partial charge in [0.25, 0.3) is 5.91 Å². The number of hydrogen-bond donors (Lipinski definition) is 2. The Kier molecular flexibility index (Phi) is 6.53. The lowest BCUT2D eigenvalue weighted by Gasteiger charge is -2.36. The van der Waals surface area contributed by atoms with Crippen LogP contribution < -0.4 is 20.1 Å². The van der Waals surface area contributed by atoms with Crippen molar-refractivity contribution in [1.82, 2.24) is 10.6 Å². The number of benzene rings is 1. The Morgan fingerprint density at radius 2 is 1.84 bits per heavy atom. The van der Waals surface area contributed by atoms with Gasteiger partial charge in [-0.15, -0.1) is 0 Å². The lowest BCUT2D eigenvalue weighted by Crippen LogP contribution is -2.59. The Morgan fingerprint density at radius 3 is 2.40 bits per heavy atom. The molecule has 0 saturated heterocycles. The van der Waals surface area contributed by atoms with Crippen molar-refractivity contribution >= 4 is 23.4 Å². The van der Waals surface area contributed by atoms with E-state index in [1.807, 2.05) is 6.92 Å². The second-order valence-electron chi connectivity index (χ2n) is 6.15. The van der Waals surface area contributed by atoms with Gasteiger partial charge in [-0.3, -0.25) is 9.59 Å². The molecule has 7 heteroatoms. The van der Waals surface area contributed by atoms with Crippen LogP contribution >= 0.6 is 11.6 Å². The zero-order chi connectivity index (χ0) is 18.4. The van der Waals surface area contributed by atoms with Crippen molar-refractivity contribution in [1.29, 1.82) is 0 Å². The predicted molar refractivity (Wildman–Crippen MR) is 96.5 cm³/mol. The zero-order valence-corrected chi connectivity index (χ0v) is 15.7. The molecule has 0 aromatic heterocycles. The van der Waals surface area contributed by atoms with Crippen molar-refractivity contribution in [3.05, 3.63) is 22.7 Å². The Balaban J connectivity index is 2.29. The number of carbonyl (C=O) groups is 2. The summed E-state index contributed by atoms with van der Waals surface area (Å²) in [5.41, 5.74) is -0.540. The Hall–Kier alpha value is -1.95. The van der Waals surface area contributed by atoms with E-state index >= 15 is 0 Å². The molecule has 0 radical (unpaired) electrons. The van der Waals surface area contributed by atoms with E-state index < -0.39 is 5.54 Å². The third kappa shape index (κ3) is 4.18. The van der Waals surface area contributed by atoms with E-state index in [9.17, 15) is 9.59 Å². The molecule has 0 bridgehead atoms. The summed E-state index contributed by atoms with van der Waals surface area (Å²) in [6.45, 7) is 2.39. The van der Waals surface area contributed by atoms with E-state index in [0.29, 0.717) is 36.4 Å². The van der Waals surface area contributed by atoms with E-state index in [1.165, 1.54) is 20.3 Å². The van der Waals surface area contributed by atoms with Gasteiger partial charge in [-0.25, -0.2) is 0 Å². The largest absolute Gasteiger partial charge is 0.493 e. The highest BCUT2D eigenvalue weighted by molar-refractivity contribution is 6.32. The third-order valence-corrected chi connectivity index (χ3v) is 4.81. The lowest BCUT2D eigenvalue weighted by atomic mass is 9.80. The van der Waals surface area contributed by atoms with Crippen LogP contribution in [0.3, 0.4) is 0 Å². The third-order valence-electron chi connectivity index (χ3n) is 4.53. The molecule has 25 heavy (non-hydrogen) atoms. The first-order valence-corrected chi connectivity index (χ1v) is 8.87. The highest BCUT2D eigenvalue weighted by Gasteiger charge is 2.40. The molecule has 1 saturated carbocycles. The van der Waals surface area contributed by atoms with Crippen molar-refractivity contribution in [3.63, 3.8) is 0 Å². The van der Waals surface area contributed by atoms with Crippen molar-refractivity contribution in [2.45, 2.75) is 44.6 Å². The number of ether oxygens (including phenoxy) is 2. The normalized spacial score (nSPS) is 16.0. The van der Waals surface area contributed by atoms with Crippen LogP contribution in [0.1, 0.15) is 49.4 Å². The molecule has 2 amide bonds. The number of carbonyl (C=O) groups excluding carboxylic acids is 2. The first-order chi connectivity index (χ1) is 12.0. The quantitative estimate of drug-likeness (QED) is 0.809. The second-order valence-corrected chi connectivity index (χ2v) is 6.56. The summed E-state index contributed by atoms with van der Waals surface area (Å²) in [6.07, 6.45) is 4.14. The molecule has 138 valence electrons. The van der Waals surface area contributed by atoms with Gasteiger partial charge in [-0.05, 0) is 31.9 Å². The Labute approximate surface area is 153 Å². The van der Waals surface area contributed by atoms with Crippen LogP contribution in [0, 0.1) is 0 Å². The number of methoxy groups -OCH3 is 2. The zero-order valence-electron chi connectivity index (χ0n) is 14.9. The molecule has 1 aromatic carbocycles. The van der Waals surface area contributed by atoms with Gasteiger partial charge in [0.15, 0.2) is 11.5 Å². The topological polar surface area (TPSA) is 76.7 Å². The molecule has 0 atom stereocenters. The number of likely N-dealkylation sites (N-methyl/N-ethyl adjacent to an activating group) is 1. The molecule has 0 heterocycles. The molecule has 0 aliphatic heterocycles. The maximum absolute atomic E-state index is 12.8. The fraction of sp³-hybridized carbons (Fsp3) is 0.556. The van der Waals surface area contributed by atoms with Gasteiger partial charge >= 0.3 is 0 Å². The molecule has 1 aromatic rings. The van der Waals surface area contributed by atoms with Crippen molar-refractivity contribution in [3.8, 4) is 11.5 Å². The van der Waals surface area contributed by atoms with Crippen molar-refractivity contribution in [2.24, 2.45) is 0 Å². The van der Waals surface area contributed by atoms with Crippen molar-refractivity contribution in [2.75, 3.05) is 20.8 Å². The van der Waals surface area contributed by atoms with Gasteiger partial charge in [0.05, 0.1) is 19.2 Å². The lowest BCUT2D eigenvalue weighted by molar-refractivity contribution is -0.128. The molecule has 1 aliphatic carbocycles. The molecular formula is C18H25ClN2O4. The van der Waals surface area contributed by atoms with E-state index in [0.717, 1.165) is 19.3 Å². The molecule has 0 spiro atoms. The van der Waals surface area contributed by atoms with Gasteiger partial charge in [-0.2, -0.15) is 0 Å². The molecule has 6 nitrogen and oxygen atoms in total. The fourth-order valence-electron chi connectivity index (χ4n) is 3.23. The molecule has 2 rings (SSSR count). The van der Waals surface area contributed by atoms with Crippen LogP contribution in [0.2, 0.25) is 5.02 Å². The molecule has 0 unspecified atom stereocenters. The number of rotatable bonds is 6. The average Bonchev–Trinajstić information content (AvgIpc) is 2.61. The van der Waals surface area contributed by atoms with Crippen LogP contribution in [0.25, 0.3) is 0 Å². The highest BCUT2D eigenvalue weighted by Crippen LogP contribution is 2.36. The molecular weight excluding hydrogens is 344 g/mol. The highest BCUT2D eigenvalue weighted by atomic mass is 35.5. The van der Waals surface area contributed by atoms with Crippen LogP contribution in [0.15, 0.2) is 12.1 Å². The summed E-state index contributed by atoms with van der Waals surface area (Å²) in [5, 5.41) is 6.06. The Morgan fingerprint density at radius 1 is 1.16 bits per heavy atom. The number of nitrogens with one attached hydrogen (secondary N) is 2. The number of amides is 2. The SMILES string of the molecule is CCNC(=O)C1(NC(=O)c2cc(Cl)c(OC)c(OC)c2)CCCCC1. The molecule has 2 N–H and O–H groups in total. The van der Waals surface area contributed by atoms with Crippen LogP contribution in [-0.4, -0.2) is 38.1 Å². The standard InChI is InChI=1S/C18H25ClN2O4/c1-4-20-17(23)18(8-6-5-7-9-18)21-16(22)12-10-13(19)15(25-3)14(11-12)24-2/h10-11H,4-9H2,1-3H3,(H,20,23)(H,21,22). The summed E-state index contributed by atoms with van der Waals surface area (Å²) in [6, 6.07) is 3.08. The average molecular weight is 369 g/mol. The maximum atomic E-state index is 12.8. The van der Waals surface area contributed by atoms with Crippen LogP contribution in [0.4, 0.5) is 0 Å². The summed E-state index contributed by atoms with van der Waals surface area (Å²) in [7, 11) is 2.96. The minimum Gasteiger partial charge on any atom is -0.493 e. The van der Waals surface area contributed by atoms with Gasteiger partial charge in [0.1, 0.15) is 5.54 Å². The summed E-state index contributed by atoms with van der Waals surface area (Å²) in [5.74, 6) is 0.262. The van der Waals surface area contributed by atoms with Gasteiger partial charge in [0, 0.05) is 12.1 Å². The summed E-state index contributed by atoms with van der Waals surface area (Å²) in [4.78, 5) is 25.4. The fourth-order valence-corrected chi connectivity index (χ4v) is 3.52. The van der Waals surface area contributed by atoms with Crippen LogP contribution in [0.5, 0.6) is 11.5 Å². The minimum absolute atomic E-state index is 0.130. The minimum atomic E-state index is -0.870. The summed E-state index contributed by atoms with van der Waals surface area (Å²) >= 11 is 6.18. The maximum Gasteiger partial charge on any atom is 0.252 e. The molecule has 1 aliphatic rings. The van der Waals surface area contributed by atoms with Crippen LogP contribution in [-0.2, 0) is 4.79 Å². The first kappa shape index (κ1) is 19.4. The van der Waals surface area contributed by atoms with Crippen molar-refractivity contribution < 1.29 is 19.1 Å². The van der Waals surface area contributed by atoms with E-state index in [2.05, 4.69) is 10.6 Å². The number of hydrogen-bond acceptors (Lipinski definition) is 4.